The fourth-order valence-corrected chi connectivity index (χ4v) is 1.57. The minimum atomic E-state index is -0.972. The van der Waals surface area contributed by atoms with Gasteiger partial charge < -0.3 is 14.8 Å². The zero-order chi connectivity index (χ0) is 12.7. The van der Waals surface area contributed by atoms with Crippen LogP contribution in [0.5, 0.6) is 0 Å². The molecule has 17 heavy (non-hydrogen) atoms. The second-order valence-corrected chi connectivity index (χ2v) is 4.63. The van der Waals surface area contributed by atoms with Gasteiger partial charge in [-0.2, -0.15) is 0 Å². The average Bonchev–Trinajstić information content (AvgIpc) is 2.75. The van der Waals surface area contributed by atoms with E-state index in [1.54, 1.807) is 19.3 Å². The highest BCUT2D eigenvalue weighted by molar-refractivity contribution is 5.75. The van der Waals surface area contributed by atoms with Crippen molar-refractivity contribution in [3.8, 4) is 0 Å². The fourth-order valence-electron chi connectivity index (χ4n) is 1.57. The van der Waals surface area contributed by atoms with Crippen LogP contribution in [-0.2, 0) is 11.2 Å². The Balaban J connectivity index is 2.31. The maximum atomic E-state index is 11.4. The predicted octanol–water partition coefficient (Wildman–Crippen LogP) is 1.88. The Morgan fingerprint density at radius 3 is 2.94 bits per heavy atom. The van der Waals surface area contributed by atoms with Crippen LogP contribution in [0.15, 0.2) is 22.8 Å². The normalized spacial score (nSPS) is 14.3. The molecule has 1 aromatic heterocycles. The molecule has 96 valence electrons. The van der Waals surface area contributed by atoms with Crippen molar-refractivity contribution >= 4 is 5.91 Å². The molecule has 1 atom stereocenters. The Labute approximate surface area is 102 Å². The maximum absolute atomic E-state index is 11.4. The van der Waals surface area contributed by atoms with Gasteiger partial charge >= 0.3 is 0 Å². The van der Waals surface area contributed by atoms with Crippen LogP contribution in [0.4, 0.5) is 0 Å². The van der Waals surface area contributed by atoms with Crippen molar-refractivity contribution in [1.29, 1.82) is 0 Å². The van der Waals surface area contributed by atoms with Crippen molar-refractivity contribution in [2.24, 2.45) is 0 Å². The third-order valence-corrected chi connectivity index (χ3v) is 2.56. The number of hydrogen-bond acceptors (Lipinski definition) is 3. The van der Waals surface area contributed by atoms with E-state index in [0.29, 0.717) is 12.8 Å². The number of nitrogens with one attached hydrogen (secondary N) is 1. The smallest absolute Gasteiger partial charge is 0.220 e. The number of unbranched alkanes of at least 4 members (excludes halogenated alkanes) is 1. The summed E-state index contributed by atoms with van der Waals surface area (Å²) in [7, 11) is 0. The van der Waals surface area contributed by atoms with Gasteiger partial charge in [-0.15, -0.1) is 0 Å². The Morgan fingerprint density at radius 2 is 2.35 bits per heavy atom. The van der Waals surface area contributed by atoms with Gasteiger partial charge in [0.2, 0.25) is 5.91 Å². The fraction of sp³-hybridized carbons (Fsp3) is 0.615. The summed E-state index contributed by atoms with van der Waals surface area (Å²) < 4.78 is 5.17. The van der Waals surface area contributed by atoms with E-state index in [-0.39, 0.29) is 12.5 Å². The second-order valence-electron chi connectivity index (χ2n) is 4.63. The van der Waals surface area contributed by atoms with Crippen LogP contribution in [0.1, 0.15) is 38.9 Å². The van der Waals surface area contributed by atoms with E-state index in [2.05, 4.69) is 5.32 Å². The topological polar surface area (TPSA) is 62.5 Å². The average molecular weight is 239 g/mol. The van der Waals surface area contributed by atoms with Crippen LogP contribution < -0.4 is 5.32 Å². The van der Waals surface area contributed by atoms with Gasteiger partial charge in [-0.1, -0.05) is 13.3 Å². The predicted molar refractivity (Wildman–Crippen MR) is 65.6 cm³/mol. The van der Waals surface area contributed by atoms with Crippen LogP contribution >= 0.6 is 0 Å². The number of furan rings is 1. The molecule has 4 nitrogen and oxygen atoms in total. The highest BCUT2D eigenvalue weighted by atomic mass is 16.3. The van der Waals surface area contributed by atoms with E-state index in [1.165, 1.54) is 0 Å². The first-order valence-corrected chi connectivity index (χ1v) is 6.05. The molecular weight excluding hydrogens is 218 g/mol. The molecule has 4 heteroatoms. The van der Waals surface area contributed by atoms with Crippen LogP contribution in [0.3, 0.4) is 0 Å². The summed E-state index contributed by atoms with van der Waals surface area (Å²) in [6.07, 6.45) is 4.37. The van der Waals surface area contributed by atoms with Crippen molar-refractivity contribution in [2.45, 2.75) is 45.1 Å². The number of carbonyl (C=O) groups excluding carboxylic acids is 1. The lowest BCUT2D eigenvalue weighted by Gasteiger charge is -2.22. The van der Waals surface area contributed by atoms with Gasteiger partial charge in [0.05, 0.1) is 11.9 Å². The summed E-state index contributed by atoms with van der Waals surface area (Å²) in [5.41, 5.74) is -0.972. The van der Waals surface area contributed by atoms with E-state index in [4.69, 9.17) is 4.42 Å². The highest BCUT2D eigenvalue weighted by Gasteiger charge is 2.22. The molecule has 0 aromatic carbocycles. The first-order valence-electron chi connectivity index (χ1n) is 6.05. The lowest BCUT2D eigenvalue weighted by atomic mass is 10.0. The van der Waals surface area contributed by atoms with Crippen LogP contribution in [-0.4, -0.2) is 23.2 Å². The van der Waals surface area contributed by atoms with Gasteiger partial charge in [-0.3, -0.25) is 4.79 Å². The zero-order valence-corrected chi connectivity index (χ0v) is 10.5. The number of aliphatic hydroxyl groups is 1. The lowest BCUT2D eigenvalue weighted by molar-refractivity contribution is -0.122. The van der Waals surface area contributed by atoms with E-state index in [1.807, 2.05) is 13.0 Å². The molecule has 1 aromatic rings. The summed E-state index contributed by atoms with van der Waals surface area (Å²) >= 11 is 0. The van der Waals surface area contributed by atoms with Gasteiger partial charge in [0.1, 0.15) is 5.76 Å². The second kappa shape index (κ2) is 6.45. The van der Waals surface area contributed by atoms with E-state index < -0.39 is 5.60 Å². The molecule has 0 aliphatic heterocycles. The molecule has 1 amide bonds. The Hall–Kier alpha value is -1.29. The number of amides is 1. The lowest BCUT2D eigenvalue weighted by Crippen LogP contribution is -2.42. The quantitative estimate of drug-likeness (QED) is 0.763. The first-order chi connectivity index (χ1) is 8.03. The monoisotopic (exact) mass is 239 g/mol. The molecule has 1 unspecified atom stereocenters. The molecule has 0 spiro atoms. The van der Waals surface area contributed by atoms with E-state index in [0.717, 1.165) is 18.6 Å². The van der Waals surface area contributed by atoms with Gasteiger partial charge in [-0.05, 0) is 25.5 Å². The van der Waals surface area contributed by atoms with Gasteiger partial charge in [0.25, 0.3) is 0 Å². The molecule has 0 saturated heterocycles. The molecule has 0 radical (unpaired) electrons. The summed E-state index contributed by atoms with van der Waals surface area (Å²) in [4.78, 5) is 11.4. The molecule has 0 saturated carbocycles. The Morgan fingerprint density at radius 1 is 1.59 bits per heavy atom. The highest BCUT2D eigenvalue weighted by Crippen LogP contribution is 2.12. The maximum Gasteiger partial charge on any atom is 0.220 e. The van der Waals surface area contributed by atoms with Crippen molar-refractivity contribution in [3.63, 3.8) is 0 Å². The first kappa shape index (κ1) is 13.8. The number of hydrogen-bond donors (Lipinski definition) is 2. The zero-order valence-electron chi connectivity index (χ0n) is 10.5. The van der Waals surface area contributed by atoms with Crippen molar-refractivity contribution in [2.75, 3.05) is 6.54 Å². The van der Waals surface area contributed by atoms with Gasteiger partial charge in [0.15, 0.2) is 0 Å². The Kier molecular flexibility index (Phi) is 5.22. The van der Waals surface area contributed by atoms with Crippen LogP contribution in [0, 0.1) is 0 Å². The van der Waals surface area contributed by atoms with Crippen molar-refractivity contribution in [1.82, 2.24) is 5.32 Å². The molecule has 0 aliphatic carbocycles. The standard InChI is InChI=1S/C13H21NO3/c1-3-4-7-12(15)14-10-13(2,16)9-11-6-5-8-17-11/h5-6,8,16H,3-4,7,9-10H2,1-2H3,(H,14,15). The van der Waals surface area contributed by atoms with E-state index in [9.17, 15) is 9.90 Å². The summed E-state index contributed by atoms with van der Waals surface area (Å²) in [6.45, 7) is 3.98. The SMILES string of the molecule is CCCCC(=O)NCC(C)(O)Cc1ccco1. The molecule has 1 rings (SSSR count). The summed E-state index contributed by atoms with van der Waals surface area (Å²) in [5, 5.41) is 12.8. The third-order valence-electron chi connectivity index (χ3n) is 2.56. The summed E-state index contributed by atoms with van der Waals surface area (Å²) in [5.74, 6) is 0.712. The third kappa shape index (κ3) is 5.54. The Bertz CT molecular complexity index is 330. The van der Waals surface area contributed by atoms with E-state index >= 15 is 0 Å². The largest absolute Gasteiger partial charge is 0.469 e. The minimum absolute atomic E-state index is 0.00781. The minimum Gasteiger partial charge on any atom is -0.469 e. The molecule has 2 N–H and O–H groups in total. The van der Waals surface area contributed by atoms with Gasteiger partial charge in [-0.25, -0.2) is 0 Å². The molecule has 0 fully saturated rings. The molecule has 0 aliphatic rings. The van der Waals surface area contributed by atoms with Crippen LogP contribution in [0.2, 0.25) is 0 Å². The number of carbonyl (C=O) groups is 1. The van der Waals surface area contributed by atoms with Crippen molar-refractivity contribution < 1.29 is 14.3 Å². The molecule has 1 heterocycles. The number of rotatable bonds is 7. The molecule has 0 bridgehead atoms. The summed E-state index contributed by atoms with van der Waals surface area (Å²) in [6, 6.07) is 3.60. The van der Waals surface area contributed by atoms with Crippen LogP contribution in [0.25, 0.3) is 0 Å². The molecular formula is C13H21NO3. The van der Waals surface area contributed by atoms with Crippen molar-refractivity contribution in [3.05, 3.63) is 24.2 Å². The van der Waals surface area contributed by atoms with Gasteiger partial charge in [0, 0.05) is 19.4 Å².